The van der Waals surface area contributed by atoms with Crippen LogP contribution in [0.25, 0.3) is 17.4 Å². The first-order chi connectivity index (χ1) is 14.2. The Hall–Kier alpha value is -3.04. The van der Waals surface area contributed by atoms with Crippen LogP contribution in [0.4, 0.5) is 4.79 Å². The summed E-state index contributed by atoms with van der Waals surface area (Å²) in [6.07, 6.45) is 1.01. The molecule has 10 heteroatoms. The van der Waals surface area contributed by atoms with E-state index in [2.05, 4.69) is 0 Å². The van der Waals surface area contributed by atoms with Crippen LogP contribution in [0.2, 0.25) is 5.02 Å². The van der Waals surface area contributed by atoms with Crippen LogP contribution < -0.4 is 0 Å². The fraction of sp³-hybridized carbons (Fsp3) is 0.200. The van der Waals surface area contributed by atoms with Crippen LogP contribution in [-0.4, -0.2) is 45.7 Å². The molecule has 0 atom stereocenters. The molecule has 0 aliphatic carbocycles. The van der Waals surface area contributed by atoms with Crippen molar-refractivity contribution in [3.63, 3.8) is 0 Å². The summed E-state index contributed by atoms with van der Waals surface area (Å²) in [4.78, 5) is 48.4. The Morgan fingerprint density at radius 1 is 1.27 bits per heavy atom. The van der Waals surface area contributed by atoms with Gasteiger partial charge in [0.25, 0.3) is 11.1 Å². The number of nitrogens with zero attached hydrogens (tertiary/aromatic N) is 1. The largest absolute Gasteiger partial charge is 0.478 e. The lowest BCUT2D eigenvalue weighted by molar-refractivity contribution is -0.149. The molecule has 2 heterocycles. The number of rotatable bonds is 6. The van der Waals surface area contributed by atoms with Crippen LogP contribution in [0, 0.1) is 0 Å². The Labute approximate surface area is 180 Å². The quantitative estimate of drug-likeness (QED) is 0.513. The van der Waals surface area contributed by atoms with Crippen LogP contribution >= 0.6 is 23.4 Å². The van der Waals surface area contributed by atoms with Crippen LogP contribution in [0.1, 0.15) is 30.0 Å². The Morgan fingerprint density at radius 2 is 2.00 bits per heavy atom. The van der Waals surface area contributed by atoms with E-state index in [4.69, 9.17) is 25.9 Å². The van der Waals surface area contributed by atoms with Gasteiger partial charge in [0.05, 0.1) is 21.6 Å². The number of esters is 1. The van der Waals surface area contributed by atoms with Crippen molar-refractivity contribution >= 4 is 52.5 Å². The highest BCUT2D eigenvalue weighted by Gasteiger charge is 2.37. The summed E-state index contributed by atoms with van der Waals surface area (Å²) in [5.41, 5.74) is 0.419. The molecule has 1 N–H and O–H groups in total. The van der Waals surface area contributed by atoms with Crippen LogP contribution in [0.15, 0.2) is 39.7 Å². The molecule has 0 bridgehead atoms. The van der Waals surface area contributed by atoms with Gasteiger partial charge in [-0.15, -0.1) is 0 Å². The Balaban J connectivity index is 1.81. The molecule has 0 saturated carbocycles. The summed E-state index contributed by atoms with van der Waals surface area (Å²) in [7, 11) is 0. The molecule has 1 aromatic carbocycles. The van der Waals surface area contributed by atoms with E-state index in [0.717, 1.165) is 4.90 Å². The van der Waals surface area contributed by atoms with E-state index in [1.807, 2.05) is 0 Å². The highest BCUT2D eigenvalue weighted by Crippen LogP contribution is 2.35. The molecule has 0 radical (unpaired) electrons. The van der Waals surface area contributed by atoms with Crippen molar-refractivity contribution in [1.82, 2.24) is 4.90 Å². The number of furan rings is 1. The summed E-state index contributed by atoms with van der Waals surface area (Å²) in [5.74, 6) is -1.85. The van der Waals surface area contributed by atoms with E-state index in [1.54, 1.807) is 26.0 Å². The first kappa shape index (κ1) is 21.7. The Bertz CT molecular complexity index is 1070. The number of hydrogen-bond donors (Lipinski definition) is 1. The zero-order chi connectivity index (χ0) is 22.0. The van der Waals surface area contributed by atoms with Crippen molar-refractivity contribution in [2.24, 2.45) is 0 Å². The van der Waals surface area contributed by atoms with E-state index < -0.39 is 29.6 Å². The second kappa shape index (κ2) is 8.76. The van der Waals surface area contributed by atoms with Crippen molar-refractivity contribution in [3.8, 4) is 11.3 Å². The Kier molecular flexibility index (Phi) is 6.33. The van der Waals surface area contributed by atoms with E-state index in [1.165, 1.54) is 24.3 Å². The maximum Gasteiger partial charge on any atom is 0.335 e. The van der Waals surface area contributed by atoms with Gasteiger partial charge in [0.2, 0.25) is 0 Å². The molecule has 156 valence electrons. The molecular formula is C20H16ClNO7S. The molecule has 0 unspecified atom stereocenters. The number of halogens is 1. The fourth-order valence-electron chi connectivity index (χ4n) is 2.62. The number of imide groups is 1. The minimum atomic E-state index is -1.11. The number of benzene rings is 1. The van der Waals surface area contributed by atoms with E-state index in [9.17, 15) is 19.2 Å². The molecule has 1 saturated heterocycles. The SMILES string of the molecule is CC(C)OC(=O)CN1C(=O)S/C(=C/c2ccc(-c3cc(C(=O)O)ccc3Cl)o2)C1=O. The van der Waals surface area contributed by atoms with Gasteiger partial charge in [0.1, 0.15) is 18.1 Å². The minimum absolute atomic E-state index is 0.0433. The van der Waals surface area contributed by atoms with Gasteiger partial charge in [-0.25, -0.2) is 4.79 Å². The number of carboxylic acid groups (broad SMARTS) is 1. The standard InChI is InChI=1S/C20H16ClNO7S/c1-10(2)28-17(23)9-22-18(24)16(30-20(22)27)8-12-4-6-15(29-12)13-7-11(19(25)26)3-5-14(13)21/h3-8,10H,9H2,1-2H3,(H,25,26)/b16-8+. The maximum absolute atomic E-state index is 12.5. The number of carbonyl (C=O) groups excluding carboxylic acids is 3. The normalized spacial score (nSPS) is 15.3. The predicted molar refractivity (Wildman–Crippen MR) is 110 cm³/mol. The molecule has 30 heavy (non-hydrogen) atoms. The molecule has 2 amide bonds. The predicted octanol–water partition coefficient (Wildman–Crippen LogP) is 4.29. The molecule has 0 spiro atoms. The summed E-state index contributed by atoms with van der Waals surface area (Å²) < 4.78 is 10.6. The van der Waals surface area contributed by atoms with Crippen molar-refractivity contribution in [1.29, 1.82) is 0 Å². The Morgan fingerprint density at radius 3 is 2.67 bits per heavy atom. The van der Waals surface area contributed by atoms with Gasteiger partial charge in [-0.05, 0) is 55.9 Å². The molecule has 1 aromatic heterocycles. The molecule has 1 fully saturated rings. The monoisotopic (exact) mass is 449 g/mol. The van der Waals surface area contributed by atoms with Crippen molar-refractivity contribution < 1.29 is 33.4 Å². The maximum atomic E-state index is 12.5. The molecule has 3 rings (SSSR count). The van der Waals surface area contributed by atoms with Gasteiger partial charge in [0, 0.05) is 11.6 Å². The molecular weight excluding hydrogens is 434 g/mol. The van der Waals surface area contributed by atoms with E-state index in [-0.39, 0.29) is 22.3 Å². The summed E-state index contributed by atoms with van der Waals surface area (Å²) in [6, 6.07) is 7.33. The number of carbonyl (C=O) groups is 4. The summed E-state index contributed by atoms with van der Waals surface area (Å²) in [6.45, 7) is 2.86. The topological polar surface area (TPSA) is 114 Å². The van der Waals surface area contributed by atoms with E-state index in [0.29, 0.717) is 28.1 Å². The fourth-order valence-corrected chi connectivity index (χ4v) is 3.65. The van der Waals surface area contributed by atoms with Gasteiger partial charge in [-0.1, -0.05) is 11.6 Å². The van der Waals surface area contributed by atoms with Gasteiger partial charge in [-0.2, -0.15) is 0 Å². The van der Waals surface area contributed by atoms with Crippen molar-refractivity contribution in [3.05, 3.63) is 51.6 Å². The third-order valence-corrected chi connectivity index (χ3v) is 5.14. The van der Waals surface area contributed by atoms with Gasteiger partial charge in [0.15, 0.2) is 0 Å². The number of aromatic carboxylic acids is 1. The summed E-state index contributed by atoms with van der Waals surface area (Å²) >= 11 is 6.82. The molecule has 1 aliphatic heterocycles. The highest BCUT2D eigenvalue weighted by molar-refractivity contribution is 8.18. The first-order valence-electron chi connectivity index (χ1n) is 8.73. The second-order valence-electron chi connectivity index (χ2n) is 6.51. The lowest BCUT2D eigenvalue weighted by atomic mass is 10.1. The minimum Gasteiger partial charge on any atom is -0.478 e. The van der Waals surface area contributed by atoms with Gasteiger partial charge >= 0.3 is 11.9 Å². The average Bonchev–Trinajstić information content (AvgIpc) is 3.22. The van der Waals surface area contributed by atoms with Gasteiger partial charge in [-0.3, -0.25) is 19.3 Å². The van der Waals surface area contributed by atoms with Crippen molar-refractivity contribution in [2.75, 3.05) is 6.54 Å². The third kappa shape index (κ3) is 4.74. The van der Waals surface area contributed by atoms with Crippen LogP contribution in [0.3, 0.4) is 0 Å². The number of thioether (sulfide) groups is 1. The molecule has 1 aliphatic rings. The third-order valence-electron chi connectivity index (χ3n) is 3.91. The summed E-state index contributed by atoms with van der Waals surface area (Å²) in [5, 5.41) is 8.85. The number of hydrogen-bond acceptors (Lipinski definition) is 7. The lowest BCUT2D eigenvalue weighted by Crippen LogP contribution is -2.35. The zero-order valence-corrected chi connectivity index (χ0v) is 17.5. The first-order valence-corrected chi connectivity index (χ1v) is 9.93. The zero-order valence-electron chi connectivity index (χ0n) is 15.9. The smallest absolute Gasteiger partial charge is 0.335 e. The number of carboxylic acids is 1. The van der Waals surface area contributed by atoms with Crippen LogP contribution in [0.5, 0.6) is 0 Å². The second-order valence-corrected chi connectivity index (χ2v) is 7.91. The van der Waals surface area contributed by atoms with Gasteiger partial charge < -0.3 is 14.3 Å². The lowest BCUT2D eigenvalue weighted by Gasteiger charge is -2.13. The molecule has 8 nitrogen and oxygen atoms in total. The average molecular weight is 450 g/mol. The van der Waals surface area contributed by atoms with E-state index >= 15 is 0 Å². The van der Waals surface area contributed by atoms with Crippen molar-refractivity contribution in [2.45, 2.75) is 20.0 Å². The number of ether oxygens (including phenoxy) is 1. The molecule has 2 aromatic rings. The van der Waals surface area contributed by atoms with Crippen LogP contribution in [-0.2, 0) is 14.3 Å². The number of amides is 2. The highest BCUT2D eigenvalue weighted by atomic mass is 35.5.